The predicted molar refractivity (Wildman–Crippen MR) is 102 cm³/mol. The fourth-order valence-electron chi connectivity index (χ4n) is 3.17. The number of hydrogen-bond donors (Lipinski definition) is 1. The van der Waals surface area contributed by atoms with E-state index in [1.165, 1.54) is 0 Å². The number of carbonyl (C=O) groups is 1. The summed E-state index contributed by atoms with van der Waals surface area (Å²) in [5.41, 5.74) is 10.6. The van der Waals surface area contributed by atoms with E-state index in [0.29, 0.717) is 6.54 Å². The van der Waals surface area contributed by atoms with Gasteiger partial charge in [-0.1, -0.05) is 24.3 Å². The molecule has 0 saturated carbocycles. The number of amides is 1. The van der Waals surface area contributed by atoms with Crippen LogP contribution in [-0.4, -0.2) is 26.0 Å². The van der Waals surface area contributed by atoms with E-state index >= 15 is 0 Å². The molecule has 0 radical (unpaired) electrons. The van der Waals surface area contributed by atoms with E-state index in [1.807, 2.05) is 48.2 Å². The number of para-hydroxylation sites is 2. The number of carbonyl (C=O) groups excluding carboxylic acids is 1. The first-order chi connectivity index (χ1) is 11.1. The van der Waals surface area contributed by atoms with Gasteiger partial charge in [0.15, 0.2) is 0 Å². The molecule has 2 aromatic carbocycles. The van der Waals surface area contributed by atoms with Crippen molar-refractivity contribution in [2.75, 3.05) is 29.9 Å². The second-order valence-electron chi connectivity index (χ2n) is 6.07. The lowest BCUT2D eigenvalue weighted by Crippen LogP contribution is -2.32. The summed E-state index contributed by atoms with van der Waals surface area (Å²) in [5.74, 6) is 0.0637. The molecule has 1 aliphatic heterocycles. The van der Waals surface area contributed by atoms with Gasteiger partial charge in [0, 0.05) is 32.2 Å². The highest BCUT2D eigenvalue weighted by atomic mass is 35.5. The zero-order chi connectivity index (χ0) is 16.4. The Morgan fingerprint density at radius 3 is 2.50 bits per heavy atom. The summed E-state index contributed by atoms with van der Waals surface area (Å²) in [6, 6.07) is 14.0. The minimum atomic E-state index is 0. The van der Waals surface area contributed by atoms with E-state index in [1.54, 1.807) is 0 Å². The Balaban J connectivity index is 0.00000208. The molecule has 2 aromatic rings. The summed E-state index contributed by atoms with van der Waals surface area (Å²) in [6.07, 6.45) is 0.955. The molecule has 128 valence electrons. The zero-order valence-electron chi connectivity index (χ0n) is 14.2. The number of rotatable bonds is 2. The molecule has 24 heavy (non-hydrogen) atoms. The maximum Gasteiger partial charge on any atom is 0.258 e. The Morgan fingerprint density at radius 2 is 1.83 bits per heavy atom. The summed E-state index contributed by atoms with van der Waals surface area (Å²) in [4.78, 5) is 17.2. The summed E-state index contributed by atoms with van der Waals surface area (Å²) < 4.78 is 0. The van der Waals surface area contributed by atoms with Crippen LogP contribution in [0.15, 0.2) is 42.5 Å². The van der Waals surface area contributed by atoms with Crippen molar-refractivity contribution in [1.29, 1.82) is 0 Å². The molecule has 0 fully saturated rings. The van der Waals surface area contributed by atoms with Crippen LogP contribution in [0.2, 0.25) is 0 Å². The topological polar surface area (TPSA) is 49.6 Å². The standard InChI is InChI=1S/C19H23N3O.ClH/c1-14-12-15(13-20)8-9-16(14)19(23)22-11-5-10-21(2)17-6-3-4-7-18(17)22;/h3-4,6-9,12H,5,10-11,13,20H2,1-2H3;1H. The van der Waals surface area contributed by atoms with Crippen molar-refractivity contribution in [2.24, 2.45) is 5.73 Å². The summed E-state index contributed by atoms with van der Waals surface area (Å²) in [7, 11) is 2.08. The van der Waals surface area contributed by atoms with Gasteiger partial charge in [0.2, 0.25) is 0 Å². The van der Waals surface area contributed by atoms with Gasteiger partial charge in [-0.3, -0.25) is 4.79 Å². The maximum absolute atomic E-state index is 13.1. The highest BCUT2D eigenvalue weighted by Crippen LogP contribution is 2.32. The number of nitrogens with two attached hydrogens (primary N) is 1. The SMILES string of the molecule is Cc1cc(CN)ccc1C(=O)N1CCCN(C)c2ccccc21.Cl. The van der Waals surface area contributed by atoms with Crippen LogP contribution in [0.3, 0.4) is 0 Å². The largest absolute Gasteiger partial charge is 0.373 e. The van der Waals surface area contributed by atoms with Crippen molar-refractivity contribution >= 4 is 29.7 Å². The van der Waals surface area contributed by atoms with E-state index in [9.17, 15) is 4.79 Å². The fourth-order valence-corrected chi connectivity index (χ4v) is 3.17. The molecule has 2 N–H and O–H groups in total. The van der Waals surface area contributed by atoms with E-state index < -0.39 is 0 Å². The molecule has 0 spiro atoms. The Morgan fingerprint density at radius 1 is 1.12 bits per heavy atom. The van der Waals surface area contributed by atoms with Gasteiger partial charge in [0.25, 0.3) is 5.91 Å². The lowest BCUT2D eigenvalue weighted by molar-refractivity contribution is 0.0986. The minimum absolute atomic E-state index is 0. The van der Waals surface area contributed by atoms with Gasteiger partial charge in [0.05, 0.1) is 11.4 Å². The minimum Gasteiger partial charge on any atom is -0.373 e. The summed E-state index contributed by atoms with van der Waals surface area (Å²) >= 11 is 0. The van der Waals surface area contributed by atoms with Gasteiger partial charge >= 0.3 is 0 Å². The van der Waals surface area contributed by atoms with Crippen LogP contribution in [0.25, 0.3) is 0 Å². The van der Waals surface area contributed by atoms with Crippen LogP contribution in [0.5, 0.6) is 0 Å². The van der Waals surface area contributed by atoms with Crippen molar-refractivity contribution in [3.8, 4) is 0 Å². The van der Waals surface area contributed by atoms with Crippen molar-refractivity contribution in [2.45, 2.75) is 19.9 Å². The van der Waals surface area contributed by atoms with Crippen LogP contribution in [0.4, 0.5) is 11.4 Å². The van der Waals surface area contributed by atoms with Crippen LogP contribution >= 0.6 is 12.4 Å². The number of fused-ring (bicyclic) bond motifs is 1. The molecule has 1 amide bonds. The lowest BCUT2D eigenvalue weighted by Gasteiger charge is -2.25. The number of nitrogens with zero attached hydrogens (tertiary/aromatic N) is 2. The summed E-state index contributed by atoms with van der Waals surface area (Å²) in [5, 5.41) is 0. The molecule has 0 saturated heterocycles. The van der Waals surface area contributed by atoms with Crippen LogP contribution < -0.4 is 15.5 Å². The van der Waals surface area contributed by atoms with E-state index in [0.717, 1.165) is 47.6 Å². The van der Waals surface area contributed by atoms with E-state index in [-0.39, 0.29) is 18.3 Å². The van der Waals surface area contributed by atoms with E-state index in [4.69, 9.17) is 5.73 Å². The third-order valence-corrected chi connectivity index (χ3v) is 4.46. The van der Waals surface area contributed by atoms with Crippen LogP contribution in [0.1, 0.15) is 27.9 Å². The quantitative estimate of drug-likeness (QED) is 0.908. The number of anilines is 2. The third kappa shape index (κ3) is 3.40. The Kier molecular flexibility index (Phi) is 5.86. The molecule has 0 bridgehead atoms. The molecule has 4 nitrogen and oxygen atoms in total. The first-order valence-corrected chi connectivity index (χ1v) is 8.03. The average molecular weight is 346 g/mol. The monoisotopic (exact) mass is 345 g/mol. The lowest BCUT2D eigenvalue weighted by atomic mass is 10.0. The van der Waals surface area contributed by atoms with Gasteiger partial charge in [-0.15, -0.1) is 12.4 Å². The van der Waals surface area contributed by atoms with Gasteiger partial charge in [-0.2, -0.15) is 0 Å². The van der Waals surface area contributed by atoms with Crippen LogP contribution in [-0.2, 0) is 6.54 Å². The smallest absolute Gasteiger partial charge is 0.258 e. The Labute approximate surface area is 149 Å². The predicted octanol–water partition coefficient (Wildman–Crippen LogP) is 3.36. The Hall–Kier alpha value is -2.04. The molecule has 0 unspecified atom stereocenters. The van der Waals surface area contributed by atoms with Gasteiger partial charge in [-0.05, 0) is 42.7 Å². The molecule has 5 heteroatoms. The molecule has 0 atom stereocenters. The van der Waals surface area contributed by atoms with Crippen molar-refractivity contribution in [3.63, 3.8) is 0 Å². The second kappa shape index (κ2) is 7.69. The molecule has 0 aliphatic carbocycles. The van der Waals surface area contributed by atoms with Crippen molar-refractivity contribution < 1.29 is 4.79 Å². The molecular formula is C19H24ClN3O. The number of halogens is 1. The molecule has 1 heterocycles. The molecule has 0 aromatic heterocycles. The highest BCUT2D eigenvalue weighted by molar-refractivity contribution is 6.08. The van der Waals surface area contributed by atoms with Gasteiger partial charge in [0.1, 0.15) is 0 Å². The molecule has 1 aliphatic rings. The number of aryl methyl sites for hydroxylation is 1. The molecular weight excluding hydrogens is 322 g/mol. The van der Waals surface area contributed by atoms with Gasteiger partial charge in [-0.25, -0.2) is 0 Å². The number of benzene rings is 2. The third-order valence-electron chi connectivity index (χ3n) is 4.46. The highest BCUT2D eigenvalue weighted by Gasteiger charge is 2.24. The van der Waals surface area contributed by atoms with Crippen LogP contribution in [0, 0.1) is 6.92 Å². The second-order valence-corrected chi connectivity index (χ2v) is 6.07. The van der Waals surface area contributed by atoms with E-state index in [2.05, 4.69) is 18.0 Å². The van der Waals surface area contributed by atoms with Gasteiger partial charge < -0.3 is 15.5 Å². The molecule has 3 rings (SSSR count). The first-order valence-electron chi connectivity index (χ1n) is 8.03. The Bertz CT molecular complexity index is 732. The average Bonchev–Trinajstić information content (AvgIpc) is 2.74. The zero-order valence-corrected chi connectivity index (χ0v) is 15.0. The number of hydrogen-bond acceptors (Lipinski definition) is 3. The normalized spacial score (nSPS) is 13.8. The fraction of sp³-hybridized carbons (Fsp3) is 0.316. The first kappa shape index (κ1) is 18.3. The summed E-state index contributed by atoms with van der Waals surface area (Å²) in [6.45, 7) is 4.15. The maximum atomic E-state index is 13.1. The van der Waals surface area contributed by atoms with Crippen molar-refractivity contribution in [1.82, 2.24) is 0 Å². The van der Waals surface area contributed by atoms with Crippen molar-refractivity contribution in [3.05, 3.63) is 59.2 Å².